The second-order valence-corrected chi connectivity index (χ2v) is 8.93. The van der Waals surface area contributed by atoms with Crippen molar-refractivity contribution in [3.05, 3.63) is 60.2 Å². The SMILES string of the molecule is CN1CCN(c2cc(C(=O)O)c3nc(-c4ccc5nc(-c6ccc(O)cc6)[nH]c5c4)[nH]c3c2)CC1. The van der Waals surface area contributed by atoms with Gasteiger partial charge in [-0.2, -0.15) is 0 Å². The van der Waals surface area contributed by atoms with E-state index in [2.05, 4.69) is 36.8 Å². The van der Waals surface area contributed by atoms with Crippen LogP contribution in [0.3, 0.4) is 0 Å². The van der Waals surface area contributed by atoms with Crippen LogP contribution in [0, 0.1) is 0 Å². The lowest BCUT2D eigenvalue weighted by Gasteiger charge is -2.34. The number of H-pyrrole nitrogens is 2. The molecule has 1 saturated heterocycles. The standard InChI is InChI=1S/C26H24N6O3/c1-31-8-10-32(11-9-31)17-13-19(26(34)35)23-22(14-17)29-25(30-23)16-4-7-20-21(12-16)28-24(27-20)15-2-5-18(33)6-3-15/h2-7,12-14,33H,8-11H2,1H3,(H,27,28)(H,29,30)(H,34,35). The molecule has 3 heterocycles. The fourth-order valence-electron chi connectivity index (χ4n) is 4.56. The van der Waals surface area contributed by atoms with Gasteiger partial charge in [-0.25, -0.2) is 14.8 Å². The van der Waals surface area contributed by atoms with Crippen molar-refractivity contribution < 1.29 is 15.0 Å². The molecule has 2 aromatic heterocycles. The first-order chi connectivity index (χ1) is 16.9. The van der Waals surface area contributed by atoms with Crippen molar-refractivity contribution >= 4 is 33.7 Å². The normalized spacial score (nSPS) is 14.7. The molecule has 0 unspecified atom stereocenters. The Labute approximate surface area is 200 Å². The van der Waals surface area contributed by atoms with Crippen LogP contribution in [0.5, 0.6) is 5.75 Å². The number of anilines is 1. The Morgan fingerprint density at radius 3 is 2.29 bits per heavy atom. The number of likely N-dealkylation sites (N-methyl/N-ethyl adjacent to an activating group) is 1. The number of carboxylic acid groups (broad SMARTS) is 1. The van der Waals surface area contributed by atoms with E-state index < -0.39 is 5.97 Å². The molecule has 1 fully saturated rings. The summed E-state index contributed by atoms with van der Waals surface area (Å²) in [4.78, 5) is 32.5. The fraction of sp³-hybridized carbons (Fsp3) is 0.192. The number of nitrogens with zero attached hydrogens (tertiary/aromatic N) is 4. The number of phenols is 1. The Kier molecular flexibility index (Phi) is 4.93. The molecular weight excluding hydrogens is 444 g/mol. The van der Waals surface area contributed by atoms with Crippen LogP contribution in [0.4, 0.5) is 5.69 Å². The van der Waals surface area contributed by atoms with E-state index in [0.29, 0.717) is 22.7 Å². The van der Waals surface area contributed by atoms with Crippen LogP contribution >= 0.6 is 0 Å². The van der Waals surface area contributed by atoms with E-state index in [-0.39, 0.29) is 11.3 Å². The number of aromatic nitrogens is 4. The number of rotatable bonds is 4. The number of piperazine rings is 1. The Morgan fingerprint density at radius 1 is 0.857 bits per heavy atom. The summed E-state index contributed by atoms with van der Waals surface area (Å²) in [6.07, 6.45) is 0. The van der Waals surface area contributed by atoms with Gasteiger partial charge in [0.1, 0.15) is 22.9 Å². The Bertz CT molecular complexity index is 1560. The number of carbonyl (C=O) groups is 1. The van der Waals surface area contributed by atoms with E-state index in [1.807, 2.05) is 24.3 Å². The quantitative estimate of drug-likeness (QED) is 0.315. The molecule has 0 aliphatic carbocycles. The molecule has 9 heteroatoms. The van der Waals surface area contributed by atoms with Crippen LogP contribution in [0.2, 0.25) is 0 Å². The lowest BCUT2D eigenvalue weighted by Crippen LogP contribution is -2.44. The minimum atomic E-state index is -0.994. The van der Waals surface area contributed by atoms with Crippen LogP contribution in [-0.4, -0.2) is 74.2 Å². The zero-order valence-electron chi connectivity index (χ0n) is 19.1. The lowest BCUT2D eigenvalue weighted by molar-refractivity contribution is 0.0699. The van der Waals surface area contributed by atoms with Crippen LogP contribution in [0.15, 0.2) is 54.6 Å². The molecule has 0 atom stereocenters. The average Bonchev–Trinajstić information content (AvgIpc) is 3.48. The second kappa shape index (κ2) is 8.14. The van der Waals surface area contributed by atoms with Gasteiger partial charge in [0.05, 0.1) is 22.1 Å². The molecule has 4 N–H and O–H groups in total. The maximum absolute atomic E-state index is 12.1. The molecule has 176 valence electrons. The number of benzene rings is 3. The molecule has 0 radical (unpaired) electrons. The first kappa shape index (κ1) is 21.2. The molecule has 35 heavy (non-hydrogen) atoms. The summed E-state index contributed by atoms with van der Waals surface area (Å²) in [5.74, 6) is 0.507. The van der Waals surface area contributed by atoms with Gasteiger partial charge in [-0.3, -0.25) is 0 Å². The third-order valence-electron chi connectivity index (χ3n) is 6.57. The molecule has 0 bridgehead atoms. The van der Waals surface area contributed by atoms with Crippen molar-refractivity contribution in [3.63, 3.8) is 0 Å². The molecule has 6 rings (SSSR count). The van der Waals surface area contributed by atoms with E-state index in [9.17, 15) is 15.0 Å². The monoisotopic (exact) mass is 468 g/mol. The van der Waals surface area contributed by atoms with Crippen molar-refractivity contribution in [2.24, 2.45) is 0 Å². The fourth-order valence-corrected chi connectivity index (χ4v) is 4.56. The number of aromatic hydroxyl groups is 1. The number of phenolic OH excluding ortho intramolecular Hbond substituents is 1. The maximum Gasteiger partial charge on any atom is 0.338 e. The van der Waals surface area contributed by atoms with Crippen molar-refractivity contribution in [2.45, 2.75) is 0 Å². The topological polar surface area (TPSA) is 121 Å². The van der Waals surface area contributed by atoms with E-state index in [4.69, 9.17) is 0 Å². The largest absolute Gasteiger partial charge is 0.508 e. The summed E-state index contributed by atoms with van der Waals surface area (Å²) in [6, 6.07) is 16.3. The number of aromatic amines is 2. The zero-order chi connectivity index (χ0) is 24.1. The van der Waals surface area contributed by atoms with Crippen LogP contribution in [-0.2, 0) is 0 Å². The van der Waals surface area contributed by atoms with Gasteiger partial charge >= 0.3 is 5.97 Å². The van der Waals surface area contributed by atoms with Crippen LogP contribution < -0.4 is 4.90 Å². The van der Waals surface area contributed by atoms with Crippen molar-refractivity contribution in [1.29, 1.82) is 0 Å². The third kappa shape index (κ3) is 3.85. The van der Waals surface area contributed by atoms with Crippen molar-refractivity contribution in [3.8, 4) is 28.5 Å². The molecule has 9 nitrogen and oxygen atoms in total. The summed E-state index contributed by atoms with van der Waals surface area (Å²) in [5.41, 5.74) is 5.55. The third-order valence-corrected chi connectivity index (χ3v) is 6.57. The predicted octanol–water partition coefficient (Wildman–Crippen LogP) is 3.93. The minimum absolute atomic E-state index is 0.191. The summed E-state index contributed by atoms with van der Waals surface area (Å²) in [6.45, 7) is 3.57. The highest BCUT2D eigenvalue weighted by molar-refractivity contribution is 6.03. The van der Waals surface area contributed by atoms with E-state index in [1.54, 1.807) is 30.3 Å². The number of hydrogen-bond donors (Lipinski definition) is 4. The highest BCUT2D eigenvalue weighted by Gasteiger charge is 2.20. The summed E-state index contributed by atoms with van der Waals surface area (Å²) in [7, 11) is 2.09. The van der Waals surface area contributed by atoms with Gasteiger partial charge in [-0.1, -0.05) is 0 Å². The first-order valence-corrected chi connectivity index (χ1v) is 11.4. The number of imidazole rings is 2. The molecular formula is C26H24N6O3. The Morgan fingerprint density at radius 2 is 1.54 bits per heavy atom. The molecule has 0 amide bonds. The van der Waals surface area contributed by atoms with E-state index in [0.717, 1.165) is 54.0 Å². The van der Waals surface area contributed by atoms with Gasteiger partial charge < -0.3 is 30.0 Å². The lowest BCUT2D eigenvalue weighted by atomic mass is 10.1. The number of hydrogen-bond acceptors (Lipinski definition) is 6. The highest BCUT2D eigenvalue weighted by Crippen LogP contribution is 2.30. The minimum Gasteiger partial charge on any atom is -0.508 e. The predicted molar refractivity (Wildman–Crippen MR) is 135 cm³/mol. The first-order valence-electron chi connectivity index (χ1n) is 11.4. The van der Waals surface area contributed by atoms with E-state index >= 15 is 0 Å². The highest BCUT2D eigenvalue weighted by atomic mass is 16.4. The Hall–Kier alpha value is -4.37. The summed E-state index contributed by atoms with van der Waals surface area (Å²) >= 11 is 0. The number of nitrogens with one attached hydrogen (secondary N) is 2. The van der Waals surface area contributed by atoms with Gasteiger partial charge in [0.15, 0.2) is 0 Å². The van der Waals surface area contributed by atoms with Crippen molar-refractivity contribution in [1.82, 2.24) is 24.8 Å². The number of carboxylic acids is 1. The second-order valence-electron chi connectivity index (χ2n) is 8.93. The van der Waals surface area contributed by atoms with Crippen molar-refractivity contribution in [2.75, 3.05) is 38.1 Å². The molecule has 3 aromatic carbocycles. The summed E-state index contributed by atoms with van der Waals surface area (Å²) in [5, 5.41) is 19.4. The summed E-state index contributed by atoms with van der Waals surface area (Å²) < 4.78 is 0. The zero-order valence-corrected chi connectivity index (χ0v) is 19.1. The van der Waals surface area contributed by atoms with E-state index in [1.165, 1.54) is 0 Å². The number of fused-ring (bicyclic) bond motifs is 2. The van der Waals surface area contributed by atoms with Gasteiger partial charge in [0, 0.05) is 43.0 Å². The molecule has 1 aliphatic rings. The molecule has 1 aliphatic heterocycles. The molecule has 0 saturated carbocycles. The van der Waals surface area contributed by atoms with Gasteiger partial charge in [0.25, 0.3) is 0 Å². The van der Waals surface area contributed by atoms with Crippen LogP contribution in [0.25, 0.3) is 44.8 Å². The Balaban J connectivity index is 1.39. The maximum atomic E-state index is 12.1. The van der Waals surface area contributed by atoms with Gasteiger partial charge in [0.2, 0.25) is 0 Å². The molecule has 0 spiro atoms. The van der Waals surface area contributed by atoms with Gasteiger partial charge in [-0.15, -0.1) is 0 Å². The smallest absolute Gasteiger partial charge is 0.338 e. The number of aromatic carboxylic acids is 1. The average molecular weight is 469 g/mol. The van der Waals surface area contributed by atoms with Gasteiger partial charge in [-0.05, 0) is 61.6 Å². The molecule has 5 aromatic rings. The van der Waals surface area contributed by atoms with Crippen LogP contribution in [0.1, 0.15) is 10.4 Å².